The summed E-state index contributed by atoms with van der Waals surface area (Å²) in [5.41, 5.74) is 1.35. The van der Waals surface area contributed by atoms with Gasteiger partial charge in [0.2, 0.25) is 0 Å². The number of hydrogen-bond acceptors (Lipinski definition) is 5. The van der Waals surface area contributed by atoms with Crippen LogP contribution in [0.5, 0.6) is 0 Å². The minimum atomic E-state index is -0.186. The van der Waals surface area contributed by atoms with Crippen molar-refractivity contribution in [3.63, 3.8) is 0 Å². The van der Waals surface area contributed by atoms with Gasteiger partial charge in [0, 0.05) is 19.2 Å². The molecule has 0 saturated carbocycles. The average molecular weight is 258 g/mol. The Hall–Kier alpha value is -2.23. The van der Waals surface area contributed by atoms with Crippen LogP contribution >= 0.6 is 0 Å². The highest BCUT2D eigenvalue weighted by Gasteiger charge is 2.13. The van der Waals surface area contributed by atoms with Crippen molar-refractivity contribution in [1.82, 2.24) is 14.8 Å². The fraction of sp³-hybridized carbons (Fsp3) is 0.308. The largest absolute Gasteiger partial charge is 0.388 e. The Morgan fingerprint density at radius 1 is 1.42 bits per heavy atom. The zero-order chi connectivity index (χ0) is 13.7. The van der Waals surface area contributed by atoms with E-state index in [1.54, 1.807) is 29.9 Å². The van der Waals surface area contributed by atoms with E-state index in [0.29, 0.717) is 30.4 Å². The number of aliphatic hydroxyl groups excluding tert-OH is 1. The van der Waals surface area contributed by atoms with Crippen LogP contribution in [0.25, 0.3) is 11.4 Å². The zero-order valence-electron chi connectivity index (χ0n) is 10.6. The van der Waals surface area contributed by atoms with E-state index in [1.165, 1.54) is 0 Å². The number of aliphatic hydroxyl groups is 1. The van der Waals surface area contributed by atoms with Crippen LogP contribution in [0, 0.1) is 11.3 Å². The minimum absolute atomic E-state index is 0.186. The summed E-state index contributed by atoms with van der Waals surface area (Å²) in [5, 5.41) is 26.2. The molecule has 6 heteroatoms. The highest BCUT2D eigenvalue weighted by molar-refractivity contribution is 5.58. The third-order valence-electron chi connectivity index (χ3n) is 2.74. The van der Waals surface area contributed by atoms with E-state index in [-0.39, 0.29) is 6.61 Å². The Labute approximate surface area is 110 Å². The van der Waals surface area contributed by atoms with Crippen molar-refractivity contribution in [3.05, 3.63) is 35.7 Å². The molecule has 0 spiro atoms. The van der Waals surface area contributed by atoms with E-state index in [4.69, 9.17) is 10.00 Å². The van der Waals surface area contributed by atoms with Crippen LogP contribution in [-0.2, 0) is 17.9 Å². The smallest absolute Gasteiger partial charge is 0.164 e. The van der Waals surface area contributed by atoms with Crippen molar-refractivity contribution in [2.75, 3.05) is 13.7 Å². The second kappa shape index (κ2) is 6.09. The van der Waals surface area contributed by atoms with Crippen LogP contribution in [0.1, 0.15) is 11.4 Å². The molecule has 1 heterocycles. The van der Waals surface area contributed by atoms with Gasteiger partial charge in [-0.3, -0.25) is 0 Å². The summed E-state index contributed by atoms with van der Waals surface area (Å²) in [6, 6.07) is 9.21. The van der Waals surface area contributed by atoms with Crippen molar-refractivity contribution in [1.29, 1.82) is 5.26 Å². The van der Waals surface area contributed by atoms with Gasteiger partial charge < -0.3 is 14.4 Å². The van der Waals surface area contributed by atoms with Crippen LogP contribution in [-0.4, -0.2) is 33.6 Å². The van der Waals surface area contributed by atoms with E-state index in [1.807, 2.05) is 6.07 Å². The zero-order valence-corrected chi connectivity index (χ0v) is 10.6. The maximum atomic E-state index is 9.26. The summed E-state index contributed by atoms with van der Waals surface area (Å²) in [4.78, 5) is 0. The number of methoxy groups -OCH3 is 1. The molecule has 0 atom stereocenters. The highest BCUT2D eigenvalue weighted by atomic mass is 16.5. The number of nitriles is 1. The lowest BCUT2D eigenvalue weighted by Gasteiger charge is -2.08. The Bertz CT molecular complexity index is 601. The second-order valence-corrected chi connectivity index (χ2v) is 3.93. The van der Waals surface area contributed by atoms with Crippen LogP contribution in [0.2, 0.25) is 0 Å². The summed E-state index contributed by atoms with van der Waals surface area (Å²) < 4.78 is 6.83. The van der Waals surface area contributed by atoms with Gasteiger partial charge in [0.25, 0.3) is 0 Å². The van der Waals surface area contributed by atoms with Crippen molar-refractivity contribution in [3.8, 4) is 17.5 Å². The molecule has 2 rings (SSSR count). The molecule has 0 bridgehead atoms. The lowest BCUT2D eigenvalue weighted by molar-refractivity contribution is 0.183. The van der Waals surface area contributed by atoms with Crippen LogP contribution in [0.3, 0.4) is 0 Å². The first-order chi connectivity index (χ1) is 9.30. The summed E-state index contributed by atoms with van der Waals surface area (Å²) in [7, 11) is 1.61. The van der Waals surface area contributed by atoms with Gasteiger partial charge in [0.05, 0.1) is 18.2 Å². The van der Waals surface area contributed by atoms with Crippen LogP contribution in [0.4, 0.5) is 0 Å². The lowest BCUT2D eigenvalue weighted by Crippen LogP contribution is -2.10. The highest BCUT2D eigenvalue weighted by Crippen LogP contribution is 2.19. The van der Waals surface area contributed by atoms with Crippen LogP contribution < -0.4 is 0 Å². The van der Waals surface area contributed by atoms with E-state index >= 15 is 0 Å². The molecule has 0 unspecified atom stereocenters. The van der Waals surface area contributed by atoms with Gasteiger partial charge in [-0.1, -0.05) is 12.1 Å². The van der Waals surface area contributed by atoms with E-state index in [2.05, 4.69) is 16.3 Å². The molecule has 6 nitrogen and oxygen atoms in total. The molecule has 1 N–H and O–H groups in total. The van der Waals surface area contributed by atoms with Crippen LogP contribution in [0.15, 0.2) is 24.3 Å². The second-order valence-electron chi connectivity index (χ2n) is 3.93. The van der Waals surface area contributed by atoms with Gasteiger partial charge in [-0.25, -0.2) is 0 Å². The molecule has 1 aromatic heterocycles. The maximum Gasteiger partial charge on any atom is 0.164 e. The van der Waals surface area contributed by atoms with Crippen molar-refractivity contribution >= 4 is 0 Å². The summed E-state index contributed by atoms with van der Waals surface area (Å²) in [5.74, 6) is 1.10. The maximum absolute atomic E-state index is 9.26. The van der Waals surface area contributed by atoms with Gasteiger partial charge >= 0.3 is 0 Å². The fourth-order valence-electron chi connectivity index (χ4n) is 1.81. The number of nitrogens with zero attached hydrogens (tertiary/aromatic N) is 4. The molecule has 0 aliphatic heterocycles. The topological polar surface area (TPSA) is 84.0 Å². The van der Waals surface area contributed by atoms with Crippen molar-refractivity contribution in [2.45, 2.75) is 13.2 Å². The van der Waals surface area contributed by atoms with E-state index < -0.39 is 0 Å². The third-order valence-corrected chi connectivity index (χ3v) is 2.74. The summed E-state index contributed by atoms with van der Waals surface area (Å²) in [6.07, 6.45) is 0. The van der Waals surface area contributed by atoms with E-state index in [9.17, 15) is 5.11 Å². The predicted molar refractivity (Wildman–Crippen MR) is 68.0 cm³/mol. The molecular formula is C13H14N4O2. The number of aromatic nitrogens is 3. The molecular weight excluding hydrogens is 244 g/mol. The van der Waals surface area contributed by atoms with Crippen molar-refractivity contribution < 1.29 is 9.84 Å². The van der Waals surface area contributed by atoms with Gasteiger partial charge in [-0.15, -0.1) is 10.2 Å². The molecule has 2 aromatic rings. The lowest BCUT2D eigenvalue weighted by atomic mass is 10.1. The molecule has 0 aliphatic rings. The Balaban J connectivity index is 2.43. The Kier molecular flexibility index (Phi) is 4.23. The Morgan fingerprint density at radius 2 is 2.26 bits per heavy atom. The average Bonchev–Trinajstić information content (AvgIpc) is 2.88. The van der Waals surface area contributed by atoms with E-state index in [0.717, 1.165) is 5.56 Å². The SMILES string of the molecule is COCCn1c(CO)nnc1-c1cccc(C#N)c1. The number of hydrogen-bond donors (Lipinski definition) is 1. The number of rotatable bonds is 5. The molecule has 98 valence electrons. The number of benzene rings is 1. The molecule has 0 saturated heterocycles. The van der Waals surface area contributed by atoms with Gasteiger partial charge in [-0.05, 0) is 12.1 Å². The fourth-order valence-corrected chi connectivity index (χ4v) is 1.81. The molecule has 1 aromatic carbocycles. The first kappa shape index (κ1) is 13.2. The first-order valence-corrected chi connectivity index (χ1v) is 5.82. The monoisotopic (exact) mass is 258 g/mol. The van der Waals surface area contributed by atoms with Gasteiger partial charge in [0.1, 0.15) is 6.61 Å². The summed E-state index contributed by atoms with van der Waals surface area (Å²) in [6.45, 7) is 0.857. The van der Waals surface area contributed by atoms with Gasteiger partial charge in [0.15, 0.2) is 11.6 Å². The predicted octanol–water partition coefficient (Wildman–Crippen LogP) is 0.955. The molecule has 0 fully saturated rings. The van der Waals surface area contributed by atoms with Crippen molar-refractivity contribution in [2.24, 2.45) is 0 Å². The van der Waals surface area contributed by atoms with Gasteiger partial charge in [-0.2, -0.15) is 5.26 Å². The molecule has 0 radical (unpaired) electrons. The standard InChI is InChI=1S/C13H14N4O2/c1-19-6-5-17-12(9-18)15-16-13(17)11-4-2-3-10(7-11)8-14/h2-4,7,18H,5-6,9H2,1H3. The number of ether oxygens (including phenoxy) is 1. The summed E-state index contributed by atoms with van der Waals surface area (Å²) >= 11 is 0. The first-order valence-electron chi connectivity index (χ1n) is 5.82. The quantitative estimate of drug-likeness (QED) is 0.863. The normalized spacial score (nSPS) is 10.4. The molecule has 0 amide bonds. The molecule has 0 aliphatic carbocycles. The Morgan fingerprint density at radius 3 is 2.95 bits per heavy atom. The minimum Gasteiger partial charge on any atom is -0.388 e. The third kappa shape index (κ3) is 2.78. The molecule has 19 heavy (non-hydrogen) atoms.